The van der Waals surface area contributed by atoms with E-state index in [1.165, 1.54) is 12.5 Å². The van der Waals surface area contributed by atoms with Crippen LogP contribution in [0.5, 0.6) is 0 Å². The van der Waals surface area contributed by atoms with Crippen LogP contribution in [0.2, 0.25) is 0 Å². The first-order valence-electron chi connectivity index (χ1n) is 9.52. The van der Waals surface area contributed by atoms with Gasteiger partial charge in [-0.15, -0.1) is 0 Å². The van der Waals surface area contributed by atoms with Gasteiger partial charge >= 0.3 is 5.97 Å². The Kier molecular flexibility index (Phi) is 5.64. The molecule has 5 heteroatoms. The molecule has 1 unspecified atom stereocenters. The minimum atomic E-state index is -0.304. The average molecular weight is 357 g/mol. The number of aromatic nitrogens is 1. The summed E-state index contributed by atoms with van der Waals surface area (Å²) >= 11 is 0. The van der Waals surface area contributed by atoms with Crippen LogP contribution in [0.1, 0.15) is 79.7 Å². The summed E-state index contributed by atoms with van der Waals surface area (Å²) in [5, 5.41) is 0. The van der Waals surface area contributed by atoms with E-state index < -0.39 is 0 Å². The van der Waals surface area contributed by atoms with Crippen molar-refractivity contribution < 1.29 is 18.7 Å². The predicted octanol–water partition coefficient (Wildman–Crippen LogP) is 4.48. The Bertz CT molecular complexity index is 770. The number of carbonyl (C=O) groups is 2. The van der Waals surface area contributed by atoms with Gasteiger partial charge in [0.1, 0.15) is 6.26 Å². The maximum absolute atomic E-state index is 13.1. The van der Waals surface area contributed by atoms with Gasteiger partial charge in [-0.1, -0.05) is 19.8 Å². The highest BCUT2D eigenvalue weighted by Gasteiger charge is 2.32. The number of hydrogen-bond donors (Lipinski definition) is 0. The number of nitrogens with zero attached hydrogens (tertiary/aromatic N) is 1. The molecule has 0 fully saturated rings. The lowest BCUT2D eigenvalue weighted by atomic mass is 9.98. The van der Waals surface area contributed by atoms with Crippen molar-refractivity contribution in [1.29, 1.82) is 0 Å². The van der Waals surface area contributed by atoms with Gasteiger partial charge in [-0.2, -0.15) is 0 Å². The standard InChI is InChI=1S/C21H27NO4/c1-4-7-15-12-18-17(21(24)26-14(2)3)8-5-6-10-22(18)19(15)20(23)16-9-11-25-13-16/h9,11-14,17H,4-8,10H2,1-3H3. The van der Waals surface area contributed by atoms with Crippen molar-refractivity contribution in [1.82, 2.24) is 4.57 Å². The van der Waals surface area contributed by atoms with Crippen LogP contribution in [0, 0.1) is 0 Å². The fourth-order valence-corrected chi connectivity index (χ4v) is 3.73. The van der Waals surface area contributed by atoms with Crippen LogP contribution in [0.25, 0.3) is 0 Å². The lowest BCUT2D eigenvalue weighted by Gasteiger charge is -2.17. The van der Waals surface area contributed by atoms with E-state index in [2.05, 4.69) is 11.5 Å². The largest absolute Gasteiger partial charge is 0.472 e. The topological polar surface area (TPSA) is 61.4 Å². The number of ketones is 1. The van der Waals surface area contributed by atoms with Gasteiger partial charge in [-0.3, -0.25) is 9.59 Å². The van der Waals surface area contributed by atoms with Crippen LogP contribution in [-0.2, 0) is 22.5 Å². The second kappa shape index (κ2) is 7.94. The van der Waals surface area contributed by atoms with Crippen molar-refractivity contribution in [2.75, 3.05) is 0 Å². The molecule has 26 heavy (non-hydrogen) atoms. The van der Waals surface area contributed by atoms with Crippen molar-refractivity contribution >= 4 is 11.8 Å². The van der Waals surface area contributed by atoms with E-state index in [0.29, 0.717) is 11.3 Å². The van der Waals surface area contributed by atoms with E-state index in [0.717, 1.165) is 49.9 Å². The Hall–Kier alpha value is -2.30. The molecule has 0 N–H and O–H groups in total. The Morgan fingerprint density at radius 3 is 2.81 bits per heavy atom. The second-order valence-electron chi connectivity index (χ2n) is 7.22. The highest BCUT2D eigenvalue weighted by Crippen LogP contribution is 2.33. The number of esters is 1. The first-order chi connectivity index (χ1) is 12.5. The maximum atomic E-state index is 13.1. The van der Waals surface area contributed by atoms with Crippen molar-refractivity contribution in [3.8, 4) is 0 Å². The van der Waals surface area contributed by atoms with E-state index in [1.54, 1.807) is 6.07 Å². The highest BCUT2D eigenvalue weighted by molar-refractivity contribution is 6.09. The molecule has 0 radical (unpaired) electrons. The third kappa shape index (κ3) is 3.62. The van der Waals surface area contributed by atoms with Crippen molar-refractivity contribution in [3.63, 3.8) is 0 Å². The molecular weight excluding hydrogens is 330 g/mol. The van der Waals surface area contributed by atoms with Crippen LogP contribution < -0.4 is 0 Å². The van der Waals surface area contributed by atoms with E-state index in [9.17, 15) is 9.59 Å². The van der Waals surface area contributed by atoms with Gasteiger partial charge in [0.05, 0.1) is 29.5 Å². The summed E-state index contributed by atoms with van der Waals surface area (Å²) in [4.78, 5) is 25.8. The number of hydrogen-bond acceptors (Lipinski definition) is 4. The first-order valence-corrected chi connectivity index (χ1v) is 9.52. The first kappa shape index (κ1) is 18.5. The van der Waals surface area contributed by atoms with E-state index in [-0.39, 0.29) is 23.8 Å². The lowest BCUT2D eigenvalue weighted by Crippen LogP contribution is -2.21. The summed E-state index contributed by atoms with van der Waals surface area (Å²) in [5.41, 5.74) is 3.18. The Morgan fingerprint density at radius 2 is 2.15 bits per heavy atom. The van der Waals surface area contributed by atoms with Crippen molar-refractivity contribution in [2.24, 2.45) is 0 Å². The molecule has 0 saturated heterocycles. The Morgan fingerprint density at radius 1 is 1.35 bits per heavy atom. The average Bonchev–Trinajstić information content (AvgIpc) is 3.18. The summed E-state index contributed by atoms with van der Waals surface area (Å²) in [6, 6.07) is 3.74. The zero-order valence-electron chi connectivity index (χ0n) is 15.8. The minimum absolute atomic E-state index is 0.0358. The van der Waals surface area contributed by atoms with Crippen LogP contribution in [-0.4, -0.2) is 22.4 Å². The van der Waals surface area contributed by atoms with Gasteiger partial charge in [0, 0.05) is 12.2 Å². The van der Waals surface area contributed by atoms with Gasteiger partial charge in [-0.05, 0) is 50.8 Å². The van der Waals surface area contributed by atoms with Gasteiger partial charge in [0.2, 0.25) is 5.78 Å². The predicted molar refractivity (Wildman–Crippen MR) is 98.4 cm³/mol. The third-order valence-electron chi connectivity index (χ3n) is 4.84. The molecular formula is C21H27NO4. The number of carbonyl (C=O) groups excluding carboxylic acids is 2. The van der Waals surface area contributed by atoms with E-state index in [1.807, 2.05) is 19.9 Å². The summed E-state index contributed by atoms with van der Waals surface area (Å²) in [5.74, 6) is -0.529. The SMILES string of the molecule is CCCc1cc2n(c1C(=O)c1ccoc1)CCCCC2C(=O)OC(C)C. The smallest absolute Gasteiger partial charge is 0.315 e. The Balaban J connectivity index is 2.07. The molecule has 1 atom stereocenters. The van der Waals surface area contributed by atoms with Crippen molar-refractivity contribution in [3.05, 3.63) is 47.2 Å². The molecule has 2 aromatic rings. The molecule has 0 spiro atoms. The van der Waals surface area contributed by atoms with Crippen LogP contribution >= 0.6 is 0 Å². The molecule has 0 aromatic carbocycles. The van der Waals surface area contributed by atoms with Gasteiger partial charge in [0.25, 0.3) is 0 Å². The molecule has 1 aliphatic rings. The fraction of sp³-hybridized carbons (Fsp3) is 0.524. The molecule has 5 nitrogen and oxygen atoms in total. The van der Waals surface area contributed by atoms with Gasteiger partial charge in [0.15, 0.2) is 0 Å². The van der Waals surface area contributed by atoms with E-state index in [4.69, 9.17) is 9.15 Å². The molecule has 0 amide bonds. The summed E-state index contributed by atoms with van der Waals surface area (Å²) < 4.78 is 12.6. The monoisotopic (exact) mass is 357 g/mol. The molecule has 3 rings (SSSR count). The molecule has 0 aliphatic carbocycles. The summed E-state index contributed by atoms with van der Waals surface area (Å²) in [6.07, 6.45) is 7.27. The van der Waals surface area contributed by atoms with Crippen LogP contribution in [0.4, 0.5) is 0 Å². The molecule has 140 valence electrons. The van der Waals surface area contributed by atoms with Crippen LogP contribution in [0.15, 0.2) is 29.1 Å². The number of aryl methyl sites for hydroxylation is 1. The maximum Gasteiger partial charge on any atom is 0.315 e. The molecule has 1 aliphatic heterocycles. The molecule has 0 saturated carbocycles. The Labute approximate surface area is 154 Å². The minimum Gasteiger partial charge on any atom is -0.472 e. The van der Waals surface area contributed by atoms with Gasteiger partial charge in [-0.25, -0.2) is 0 Å². The molecule has 2 aromatic heterocycles. The normalized spacial score (nSPS) is 17.0. The van der Waals surface area contributed by atoms with E-state index >= 15 is 0 Å². The number of furan rings is 1. The summed E-state index contributed by atoms with van der Waals surface area (Å²) in [6.45, 7) is 6.58. The number of rotatable bonds is 6. The van der Waals surface area contributed by atoms with Crippen molar-refractivity contribution in [2.45, 2.75) is 71.4 Å². The third-order valence-corrected chi connectivity index (χ3v) is 4.84. The number of ether oxygens (including phenoxy) is 1. The molecule has 0 bridgehead atoms. The number of fused-ring (bicyclic) bond motifs is 1. The zero-order valence-corrected chi connectivity index (χ0v) is 15.8. The van der Waals surface area contributed by atoms with Crippen LogP contribution in [0.3, 0.4) is 0 Å². The highest BCUT2D eigenvalue weighted by atomic mass is 16.5. The quantitative estimate of drug-likeness (QED) is 0.565. The second-order valence-corrected chi connectivity index (χ2v) is 7.22. The fourth-order valence-electron chi connectivity index (χ4n) is 3.73. The van der Waals surface area contributed by atoms with Gasteiger partial charge < -0.3 is 13.7 Å². The zero-order chi connectivity index (χ0) is 18.7. The molecule has 3 heterocycles. The summed E-state index contributed by atoms with van der Waals surface area (Å²) in [7, 11) is 0. The lowest BCUT2D eigenvalue weighted by molar-refractivity contribution is -0.149.